The second-order valence-corrected chi connectivity index (χ2v) is 6.14. The van der Waals surface area contributed by atoms with Crippen molar-refractivity contribution in [1.82, 2.24) is 4.90 Å². The summed E-state index contributed by atoms with van der Waals surface area (Å²) >= 11 is 0. The minimum atomic E-state index is -0.945. The Kier molecular flexibility index (Phi) is 6.44. The number of hydrogen-bond donors (Lipinski definition) is 1. The van der Waals surface area contributed by atoms with Crippen molar-refractivity contribution in [2.45, 2.75) is 51.7 Å². The molecule has 126 valence electrons. The number of carboxylic acid groups (broad SMARTS) is 1. The molecule has 0 aromatic heterocycles. The van der Waals surface area contributed by atoms with Crippen LogP contribution in [0.2, 0.25) is 0 Å². The number of ether oxygens (including phenoxy) is 1. The molecule has 2 unspecified atom stereocenters. The van der Waals surface area contributed by atoms with Gasteiger partial charge in [0, 0.05) is 6.54 Å². The van der Waals surface area contributed by atoms with Crippen LogP contribution in [-0.2, 0) is 16.1 Å². The molecule has 0 bridgehead atoms. The van der Waals surface area contributed by atoms with Crippen molar-refractivity contribution in [2.24, 2.45) is 5.92 Å². The Morgan fingerprint density at radius 1 is 1.26 bits per heavy atom. The van der Waals surface area contributed by atoms with Gasteiger partial charge in [0.15, 0.2) is 0 Å². The van der Waals surface area contributed by atoms with E-state index in [9.17, 15) is 14.7 Å². The standard InChI is InChI=1S/C18H25NO4/c1-2-3-5-10-15-11-16(17(20)21)19(12-15)18(22)23-13-14-8-6-4-7-9-14/h4,6-9,15-16H,2-3,5,10-13H2,1H3,(H,20,21). The van der Waals surface area contributed by atoms with E-state index >= 15 is 0 Å². The molecule has 1 aliphatic rings. The number of nitrogens with zero attached hydrogens (tertiary/aromatic N) is 1. The fourth-order valence-corrected chi connectivity index (χ4v) is 3.05. The second-order valence-electron chi connectivity index (χ2n) is 6.14. The van der Waals surface area contributed by atoms with Crippen molar-refractivity contribution in [3.05, 3.63) is 35.9 Å². The molecule has 2 atom stereocenters. The predicted molar refractivity (Wildman–Crippen MR) is 87.0 cm³/mol. The molecule has 1 fully saturated rings. The van der Waals surface area contributed by atoms with Crippen LogP contribution in [0, 0.1) is 5.92 Å². The number of carboxylic acids is 1. The van der Waals surface area contributed by atoms with Gasteiger partial charge < -0.3 is 9.84 Å². The summed E-state index contributed by atoms with van der Waals surface area (Å²) < 4.78 is 5.29. The maximum Gasteiger partial charge on any atom is 0.410 e. The quantitative estimate of drug-likeness (QED) is 0.779. The van der Waals surface area contributed by atoms with Gasteiger partial charge in [-0.2, -0.15) is 0 Å². The van der Waals surface area contributed by atoms with Crippen LogP contribution in [0.15, 0.2) is 30.3 Å². The first kappa shape index (κ1) is 17.3. The van der Waals surface area contributed by atoms with Gasteiger partial charge in [-0.05, 0) is 24.3 Å². The number of hydrogen-bond acceptors (Lipinski definition) is 3. The van der Waals surface area contributed by atoms with Gasteiger partial charge in [-0.1, -0.05) is 56.5 Å². The summed E-state index contributed by atoms with van der Waals surface area (Å²) in [4.78, 5) is 25.0. The van der Waals surface area contributed by atoms with Crippen molar-refractivity contribution in [2.75, 3.05) is 6.54 Å². The SMILES string of the molecule is CCCCCC1CC(C(=O)O)N(C(=O)OCc2ccccc2)C1. The molecule has 0 spiro atoms. The Morgan fingerprint density at radius 3 is 2.65 bits per heavy atom. The largest absolute Gasteiger partial charge is 0.480 e. The van der Waals surface area contributed by atoms with Crippen LogP contribution < -0.4 is 0 Å². The third-order valence-corrected chi connectivity index (χ3v) is 4.33. The van der Waals surface area contributed by atoms with Crippen LogP contribution >= 0.6 is 0 Å². The van der Waals surface area contributed by atoms with Gasteiger partial charge in [0.25, 0.3) is 0 Å². The van der Waals surface area contributed by atoms with E-state index in [0.29, 0.717) is 13.0 Å². The number of carbonyl (C=O) groups is 2. The van der Waals surface area contributed by atoms with Crippen molar-refractivity contribution >= 4 is 12.1 Å². The molecular weight excluding hydrogens is 294 g/mol. The first-order valence-electron chi connectivity index (χ1n) is 8.32. The molecule has 1 heterocycles. The van der Waals surface area contributed by atoms with Crippen LogP contribution in [-0.4, -0.2) is 34.7 Å². The number of likely N-dealkylation sites (tertiary alicyclic amines) is 1. The third-order valence-electron chi connectivity index (χ3n) is 4.33. The monoisotopic (exact) mass is 319 g/mol. The smallest absolute Gasteiger partial charge is 0.410 e. The molecule has 1 aliphatic heterocycles. The maximum absolute atomic E-state index is 12.2. The Labute approximate surface area is 137 Å². The zero-order chi connectivity index (χ0) is 16.7. The maximum atomic E-state index is 12.2. The van der Waals surface area contributed by atoms with Crippen molar-refractivity contribution < 1.29 is 19.4 Å². The lowest BCUT2D eigenvalue weighted by Gasteiger charge is -2.20. The molecule has 5 nitrogen and oxygen atoms in total. The topological polar surface area (TPSA) is 66.8 Å². The second kappa shape index (κ2) is 8.56. The summed E-state index contributed by atoms with van der Waals surface area (Å²) in [6, 6.07) is 8.64. The summed E-state index contributed by atoms with van der Waals surface area (Å²) in [5.74, 6) is -0.688. The molecule has 1 aromatic carbocycles. The zero-order valence-electron chi connectivity index (χ0n) is 13.6. The summed E-state index contributed by atoms with van der Waals surface area (Å²) in [5.41, 5.74) is 0.895. The Bertz CT molecular complexity index is 517. The van der Waals surface area contributed by atoms with E-state index in [-0.39, 0.29) is 12.5 Å². The van der Waals surface area contributed by atoms with Crippen LogP contribution in [0.25, 0.3) is 0 Å². The number of amides is 1. The number of benzene rings is 1. The molecule has 2 rings (SSSR count). The molecular formula is C18H25NO4. The fourth-order valence-electron chi connectivity index (χ4n) is 3.05. The van der Waals surface area contributed by atoms with Crippen molar-refractivity contribution in [3.63, 3.8) is 0 Å². The molecule has 1 N–H and O–H groups in total. The fraction of sp³-hybridized carbons (Fsp3) is 0.556. The zero-order valence-corrected chi connectivity index (χ0v) is 13.6. The van der Waals surface area contributed by atoms with Crippen LogP contribution in [0.5, 0.6) is 0 Å². The first-order chi connectivity index (χ1) is 11.1. The highest BCUT2D eigenvalue weighted by Crippen LogP contribution is 2.28. The van der Waals surface area contributed by atoms with E-state index in [1.54, 1.807) is 0 Å². The molecule has 1 amide bonds. The number of aliphatic carboxylic acids is 1. The van der Waals surface area contributed by atoms with Crippen LogP contribution in [0.3, 0.4) is 0 Å². The lowest BCUT2D eigenvalue weighted by Crippen LogP contribution is -2.40. The average molecular weight is 319 g/mol. The van der Waals surface area contributed by atoms with E-state index in [4.69, 9.17) is 4.74 Å². The van der Waals surface area contributed by atoms with Gasteiger partial charge >= 0.3 is 12.1 Å². The van der Waals surface area contributed by atoms with Gasteiger partial charge in [-0.25, -0.2) is 9.59 Å². The van der Waals surface area contributed by atoms with Crippen LogP contribution in [0.4, 0.5) is 4.79 Å². The summed E-state index contributed by atoms with van der Waals surface area (Å²) in [5, 5.41) is 9.36. The molecule has 0 saturated carbocycles. The minimum absolute atomic E-state index is 0.170. The van der Waals surface area contributed by atoms with Crippen LogP contribution in [0.1, 0.15) is 44.6 Å². The van der Waals surface area contributed by atoms with Gasteiger partial charge in [0.05, 0.1) is 0 Å². The van der Waals surface area contributed by atoms with E-state index in [0.717, 1.165) is 31.2 Å². The number of carbonyl (C=O) groups excluding carboxylic acids is 1. The van der Waals surface area contributed by atoms with Gasteiger partial charge in [0.1, 0.15) is 12.6 Å². The highest BCUT2D eigenvalue weighted by molar-refractivity contribution is 5.80. The molecule has 0 aliphatic carbocycles. The number of rotatable bonds is 7. The lowest BCUT2D eigenvalue weighted by atomic mass is 9.98. The molecule has 1 saturated heterocycles. The van der Waals surface area contributed by atoms with E-state index in [1.807, 2.05) is 30.3 Å². The normalized spacial score (nSPS) is 20.5. The van der Waals surface area contributed by atoms with Gasteiger partial charge in [-0.3, -0.25) is 4.90 Å². The summed E-state index contributed by atoms with van der Waals surface area (Å²) in [7, 11) is 0. The van der Waals surface area contributed by atoms with Crippen molar-refractivity contribution in [3.8, 4) is 0 Å². The predicted octanol–water partition coefficient (Wildman–Crippen LogP) is 3.68. The average Bonchev–Trinajstić information content (AvgIpc) is 2.98. The Hall–Kier alpha value is -2.04. The molecule has 23 heavy (non-hydrogen) atoms. The Balaban J connectivity index is 1.89. The first-order valence-corrected chi connectivity index (χ1v) is 8.32. The highest BCUT2D eigenvalue weighted by Gasteiger charge is 2.40. The summed E-state index contributed by atoms with van der Waals surface area (Å²) in [6.07, 6.45) is 4.34. The minimum Gasteiger partial charge on any atom is -0.480 e. The Morgan fingerprint density at radius 2 is 2.00 bits per heavy atom. The van der Waals surface area contributed by atoms with Gasteiger partial charge in [-0.15, -0.1) is 0 Å². The highest BCUT2D eigenvalue weighted by atomic mass is 16.6. The van der Waals surface area contributed by atoms with E-state index in [2.05, 4.69) is 6.92 Å². The molecule has 1 aromatic rings. The molecule has 0 radical (unpaired) electrons. The molecule has 5 heteroatoms. The van der Waals surface area contributed by atoms with E-state index in [1.165, 1.54) is 4.90 Å². The van der Waals surface area contributed by atoms with Gasteiger partial charge in [0.2, 0.25) is 0 Å². The van der Waals surface area contributed by atoms with Crippen molar-refractivity contribution in [1.29, 1.82) is 0 Å². The lowest BCUT2D eigenvalue weighted by molar-refractivity contribution is -0.141. The third kappa shape index (κ3) is 4.98. The van der Waals surface area contributed by atoms with E-state index < -0.39 is 18.1 Å². The number of unbranched alkanes of at least 4 members (excludes halogenated alkanes) is 2. The summed E-state index contributed by atoms with van der Waals surface area (Å²) in [6.45, 7) is 2.79.